The summed E-state index contributed by atoms with van der Waals surface area (Å²) in [5.74, 6) is 0.816. The summed E-state index contributed by atoms with van der Waals surface area (Å²) in [6, 6.07) is 22.6. The van der Waals surface area contributed by atoms with Crippen LogP contribution in [-0.4, -0.2) is 28.6 Å². The number of fused-ring (bicyclic) bond motifs is 2. The van der Waals surface area contributed by atoms with Gasteiger partial charge in [0.25, 0.3) is 5.56 Å². The zero-order valence-corrected chi connectivity index (χ0v) is 18.9. The summed E-state index contributed by atoms with van der Waals surface area (Å²) in [5.41, 5.74) is 3.01. The first kappa shape index (κ1) is 20.9. The van der Waals surface area contributed by atoms with E-state index in [0.717, 1.165) is 11.3 Å². The zero-order valence-electron chi connectivity index (χ0n) is 18.9. The van der Waals surface area contributed by atoms with Gasteiger partial charge >= 0.3 is 0 Å². The van der Waals surface area contributed by atoms with Crippen molar-refractivity contribution in [3.05, 3.63) is 94.5 Å². The van der Waals surface area contributed by atoms with E-state index in [1.54, 1.807) is 17.7 Å². The van der Waals surface area contributed by atoms with Crippen molar-refractivity contribution in [3.8, 4) is 11.4 Å². The summed E-state index contributed by atoms with van der Waals surface area (Å²) in [6.45, 7) is 4.02. The van der Waals surface area contributed by atoms with E-state index in [1.165, 1.54) is 0 Å². The molecule has 6 heteroatoms. The first-order valence-corrected chi connectivity index (χ1v) is 11.1. The molecule has 0 aliphatic carbocycles. The number of methoxy groups -OCH3 is 1. The highest BCUT2D eigenvalue weighted by atomic mass is 16.5. The van der Waals surface area contributed by atoms with Crippen LogP contribution in [0.15, 0.2) is 77.6 Å². The number of amides is 1. The molecule has 0 saturated heterocycles. The van der Waals surface area contributed by atoms with Gasteiger partial charge < -0.3 is 9.64 Å². The van der Waals surface area contributed by atoms with Gasteiger partial charge in [-0.25, -0.2) is 4.98 Å². The van der Waals surface area contributed by atoms with Crippen molar-refractivity contribution in [2.75, 3.05) is 12.0 Å². The van der Waals surface area contributed by atoms with Gasteiger partial charge in [-0.05, 0) is 49.7 Å². The molecule has 4 aromatic rings. The van der Waals surface area contributed by atoms with Crippen molar-refractivity contribution in [3.63, 3.8) is 0 Å². The Morgan fingerprint density at radius 3 is 2.52 bits per heavy atom. The van der Waals surface area contributed by atoms with E-state index in [0.29, 0.717) is 34.6 Å². The van der Waals surface area contributed by atoms with Crippen LogP contribution in [0.3, 0.4) is 0 Å². The zero-order chi connectivity index (χ0) is 23.1. The molecule has 1 aliphatic rings. The molecular weight excluding hydrogens is 414 g/mol. The van der Waals surface area contributed by atoms with E-state index in [4.69, 9.17) is 9.72 Å². The molecule has 1 atom stereocenters. The van der Waals surface area contributed by atoms with Crippen molar-refractivity contribution in [1.29, 1.82) is 0 Å². The van der Waals surface area contributed by atoms with Crippen LogP contribution < -0.4 is 15.2 Å². The Balaban J connectivity index is 1.70. The molecule has 0 spiro atoms. The lowest BCUT2D eigenvalue weighted by molar-refractivity contribution is -0.119. The van der Waals surface area contributed by atoms with Crippen LogP contribution in [0.25, 0.3) is 16.6 Å². The molecule has 166 valence electrons. The molecule has 0 bridgehead atoms. The molecule has 3 aromatic carbocycles. The standard InChI is InChI=1S/C27H25N3O3/c1-17(2)29-24-14-7-5-11-20(24)22(27(29)32)16-25-28-23-13-6-4-12-21(23)26(31)30(25)18-9-8-10-19(15-18)33-3/h4-15,17,22H,16H2,1-3H3. The van der Waals surface area contributed by atoms with E-state index in [1.807, 2.05) is 85.5 Å². The summed E-state index contributed by atoms with van der Waals surface area (Å²) >= 11 is 0. The van der Waals surface area contributed by atoms with Crippen LogP contribution in [0, 0.1) is 0 Å². The molecule has 0 radical (unpaired) electrons. The number of carbonyl (C=O) groups is 1. The van der Waals surface area contributed by atoms with Gasteiger partial charge in [0, 0.05) is 24.2 Å². The van der Waals surface area contributed by atoms with E-state index in [2.05, 4.69) is 0 Å². The van der Waals surface area contributed by atoms with Gasteiger partial charge in [0.05, 0.1) is 29.6 Å². The molecule has 6 nitrogen and oxygen atoms in total. The Labute approximate surface area is 192 Å². The fourth-order valence-electron chi connectivity index (χ4n) is 4.67. The van der Waals surface area contributed by atoms with Crippen LogP contribution >= 0.6 is 0 Å². The Kier molecular flexibility index (Phi) is 5.21. The summed E-state index contributed by atoms with van der Waals surface area (Å²) in [5, 5.41) is 0.533. The number of carbonyl (C=O) groups excluding carboxylic acids is 1. The molecule has 5 rings (SSSR count). The quantitative estimate of drug-likeness (QED) is 0.460. The summed E-state index contributed by atoms with van der Waals surface area (Å²) in [6.07, 6.45) is 0.316. The summed E-state index contributed by atoms with van der Waals surface area (Å²) in [4.78, 5) is 33.8. The molecule has 1 aliphatic heterocycles. The number of para-hydroxylation sites is 2. The van der Waals surface area contributed by atoms with Crippen molar-refractivity contribution in [2.24, 2.45) is 0 Å². The molecular formula is C27H25N3O3. The van der Waals surface area contributed by atoms with Crippen LogP contribution in [0.4, 0.5) is 5.69 Å². The second-order valence-electron chi connectivity index (χ2n) is 8.50. The molecule has 1 amide bonds. The number of hydrogen-bond acceptors (Lipinski definition) is 4. The number of nitrogens with zero attached hydrogens (tertiary/aromatic N) is 3. The Hall–Kier alpha value is -3.93. The minimum atomic E-state index is -0.409. The van der Waals surface area contributed by atoms with Gasteiger partial charge in [0.2, 0.25) is 5.91 Å². The second-order valence-corrected chi connectivity index (χ2v) is 8.50. The van der Waals surface area contributed by atoms with Gasteiger partial charge in [-0.3, -0.25) is 14.2 Å². The number of benzene rings is 3. The lowest BCUT2D eigenvalue weighted by atomic mass is 9.96. The molecule has 0 saturated carbocycles. The summed E-state index contributed by atoms with van der Waals surface area (Å²) in [7, 11) is 1.59. The average molecular weight is 440 g/mol. The van der Waals surface area contributed by atoms with Gasteiger partial charge in [0.1, 0.15) is 11.6 Å². The molecule has 0 N–H and O–H groups in total. The van der Waals surface area contributed by atoms with E-state index >= 15 is 0 Å². The highest BCUT2D eigenvalue weighted by Gasteiger charge is 2.39. The first-order chi connectivity index (χ1) is 16.0. The molecule has 2 heterocycles. The third-order valence-electron chi connectivity index (χ3n) is 6.17. The number of rotatable bonds is 5. The monoisotopic (exact) mass is 439 g/mol. The topological polar surface area (TPSA) is 64.4 Å². The Morgan fingerprint density at radius 1 is 0.970 bits per heavy atom. The summed E-state index contributed by atoms with van der Waals surface area (Å²) < 4.78 is 6.99. The maximum absolute atomic E-state index is 13.6. The van der Waals surface area contributed by atoms with Crippen LogP contribution in [0.1, 0.15) is 31.2 Å². The van der Waals surface area contributed by atoms with Crippen molar-refractivity contribution in [2.45, 2.75) is 32.2 Å². The maximum Gasteiger partial charge on any atom is 0.265 e. The van der Waals surface area contributed by atoms with Crippen molar-refractivity contribution in [1.82, 2.24) is 9.55 Å². The SMILES string of the molecule is COc1cccc(-n2c(CC3C(=O)N(C(C)C)c4ccccc43)nc3ccccc3c2=O)c1. The van der Waals surface area contributed by atoms with Crippen molar-refractivity contribution >= 4 is 22.5 Å². The fraction of sp³-hybridized carbons (Fsp3) is 0.222. The van der Waals surface area contributed by atoms with Crippen LogP contribution in [-0.2, 0) is 11.2 Å². The van der Waals surface area contributed by atoms with E-state index in [9.17, 15) is 9.59 Å². The van der Waals surface area contributed by atoms with Gasteiger partial charge in [-0.1, -0.05) is 36.4 Å². The highest BCUT2D eigenvalue weighted by molar-refractivity contribution is 6.05. The lowest BCUT2D eigenvalue weighted by Gasteiger charge is -2.22. The largest absolute Gasteiger partial charge is 0.497 e. The van der Waals surface area contributed by atoms with E-state index < -0.39 is 5.92 Å². The second kappa shape index (κ2) is 8.20. The normalized spacial score (nSPS) is 15.3. The number of hydrogen-bond donors (Lipinski definition) is 0. The molecule has 1 aromatic heterocycles. The average Bonchev–Trinajstić information content (AvgIpc) is 3.10. The Bertz CT molecular complexity index is 1420. The highest BCUT2D eigenvalue weighted by Crippen LogP contribution is 2.40. The minimum Gasteiger partial charge on any atom is -0.497 e. The lowest BCUT2D eigenvalue weighted by Crippen LogP contribution is -2.36. The van der Waals surface area contributed by atoms with Gasteiger partial charge in [-0.2, -0.15) is 0 Å². The molecule has 33 heavy (non-hydrogen) atoms. The van der Waals surface area contributed by atoms with Gasteiger partial charge in [0.15, 0.2) is 0 Å². The minimum absolute atomic E-state index is 0.0331. The molecule has 1 unspecified atom stereocenters. The van der Waals surface area contributed by atoms with E-state index in [-0.39, 0.29) is 17.5 Å². The molecule has 0 fully saturated rings. The van der Waals surface area contributed by atoms with Gasteiger partial charge in [-0.15, -0.1) is 0 Å². The fourth-order valence-corrected chi connectivity index (χ4v) is 4.67. The number of aromatic nitrogens is 2. The van der Waals surface area contributed by atoms with Crippen LogP contribution in [0.5, 0.6) is 5.75 Å². The van der Waals surface area contributed by atoms with Crippen molar-refractivity contribution < 1.29 is 9.53 Å². The Morgan fingerprint density at radius 2 is 1.73 bits per heavy atom. The third kappa shape index (κ3) is 3.48. The predicted octanol–water partition coefficient (Wildman–Crippen LogP) is 4.48. The number of ether oxygens (including phenoxy) is 1. The first-order valence-electron chi connectivity index (χ1n) is 11.1. The smallest absolute Gasteiger partial charge is 0.265 e. The van der Waals surface area contributed by atoms with Crippen LogP contribution in [0.2, 0.25) is 0 Å². The predicted molar refractivity (Wildman–Crippen MR) is 129 cm³/mol. The third-order valence-corrected chi connectivity index (χ3v) is 6.17. The number of anilines is 1. The maximum atomic E-state index is 13.6.